The van der Waals surface area contributed by atoms with Crippen molar-refractivity contribution in [2.45, 2.75) is 43.5 Å². The van der Waals surface area contributed by atoms with E-state index in [4.69, 9.17) is 11.6 Å². The molecule has 33 heavy (non-hydrogen) atoms. The topological polar surface area (TPSA) is 75.5 Å². The van der Waals surface area contributed by atoms with Gasteiger partial charge in [0.1, 0.15) is 5.82 Å². The van der Waals surface area contributed by atoms with E-state index in [-0.39, 0.29) is 10.8 Å². The minimum Gasteiger partial charge on any atom is -0.341 e. The van der Waals surface area contributed by atoms with Crippen LogP contribution in [-0.4, -0.2) is 53.2 Å². The molecule has 4 rings (SSSR count). The van der Waals surface area contributed by atoms with Crippen molar-refractivity contribution in [1.29, 1.82) is 0 Å². The quantitative estimate of drug-likeness (QED) is 0.504. The van der Waals surface area contributed by atoms with Gasteiger partial charge >= 0.3 is 0 Å². The van der Waals surface area contributed by atoms with Gasteiger partial charge < -0.3 is 9.47 Å². The van der Waals surface area contributed by atoms with E-state index in [1.54, 1.807) is 34.5 Å². The van der Waals surface area contributed by atoms with Crippen molar-refractivity contribution in [3.05, 3.63) is 58.9 Å². The Hall–Kier alpha value is -2.42. The van der Waals surface area contributed by atoms with Crippen LogP contribution in [0.25, 0.3) is 11.0 Å². The number of hydrogen-bond acceptors (Lipinski definition) is 4. The summed E-state index contributed by atoms with van der Waals surface area (Å²) in [4.78, 5) is 19.3. The fourth-order valence-electron chi connectivity index (χ4n) is 4.27. The van der Waals surface area contributed by atoms with Crippen molar-refractivity contribution >= 4 is 38.6 Å². The minimum absolute atomic E-state index is 0.00963. The first-order chi connectivity index (χ1) is 15.8. The predicted molar refractivity (Wildman–Crippen MR) is 130 cm³/mol. The third-order valence-corrected chi connectivity index (χ3v) is 8.32. The summed E-state index contributed by atoms with van der Waals surface area (Å²) in [5.74, 6) is 0.762. The van der Waals surface area contributed by atoms with Crippen LogP contribution in [0, 0.1) is 0 Å². The smallest absolute Gasteiger partial charge is 0.243 e. The van der Waals surface area contributed by atoms with Crippen LogP contribution in [-0.2, 0) is 34.8 Å². The van der Waals surface area contributed by atoms with Gasteiger partial charge in [0.25, 0.3) is 0 Å². The molecule has 0 atom stereocenters. The molecule has 0 unspecified atom stereocenters. The third kappa shape index (κ3) is 5.23. The summed E-state index contributed by atoms with van der Waals surface area (Å²) in [5.41, 5.74) is 2.45. The summed E-state index contributed by atoms with van der Waals surface area (Å²) in [7, 11) is 0.153. The Balaban J connectivity index is 1.46. The van der Waals surface area contributed by atoms with Crippen LogP contribution in [0.3, 0.4) is 0 Å². The van der Waals surface area contributed by atoms with E-state index in [2.05, 4.69) is 4.98 Å². The number of sulfonamides is 1. The van der Waals surface area contributed by atoms with Gasteiger partial charge in [-0.15, -0.1) is 0 Å². The average Bonchev–Trinajstić information content (AvgIpc) is 3.13. The Bertz CT molecular complexity index is 1270. The lowest BCUT2D eigenvalue weighted by Crippen LogP contribution is -2.35. The number of piperidine rings is 1. The molecule has 1 saturated heterocycles. The third-order valence-electron chi connectivity index (χ3n) is 6.19. The van der Waals surface area contributed by atoms with Crippen molar-refractivity contribution in [1.82, 2.24) is 18.8 Å². The van der Waals surface area contributed by atoms with E-state index in [9.17, 15) is 13.2 Å². The van der Waals surface area contributed by atoms with E-state index in [1.807, 2.05) is 35.9 Å². The highest BCUT2D eigenvalue weighted by Gasteiger charge is 2.26. The van der Waals surface area contributed by atoms with E-state index >= 15 is 0 Å². The second kappa shape index (κ2) is 9.83. The zero-order valence-corrected chi connectivity index (χ0v) is 20.6. The number of amides is 1. The fraction of sp³-hybridized carbons (Fsp3) is 0.417. The molecule has 176 valence electrons. The number of aryl methyl sites for hydroxylation is 2. The zero-order chi connectivity index (χ0) is 23.6. The van der Waals surface area contributed by atoms with E-state index < -0.39 is 10.0 Å². The normalized spacial score (nSPS) is 15.1. The molecule has 0 radical (unpaired) electrons. The molecular weight excluding hydrogens is 460 g/mol. The van der Waals surface area contributed by atoms with Crippen molar-refractivity contribution in [3.8, 4) is 0 Å². The molecule has 0 aliphatic carbocycles. The molecular formula is C24H29ClN4O3S. The van der Waals surface area contributed by atoms with Crippen LogP contribution < -0.4 is 0 Å². The molecule has 9 heteroatoms. The highest BCUT2D eigenvalue weighted by molar-refractivity contribution is 7.89. The maximum Gasteiger partial charge on any atom is 0.243 e. The van der Waals surface area contributed by atoms with Crippen molar-refractivity contribution in [3.63, 3.8) is 0 Å². The number of aromatic nitrogens is 2. The summed E-state index contributed by atoms with van der Waals surface area (Å²) in [6.45, 7) is 1.62. The number of carbonyl (C=O) groups is 1. The summed E-state index contributed by atoms with van der Waals surface area (Å²) in [5, 5.41) is 0.648. The van der Waals surface area contributed by atoms with Gasteiger partial charge in [0.2, 0.25) is 15.9 Å². The van der Waals surface area contributed by atoms with Crippen LogP contribution in [0.4, 0.5) is 0 Å². The average molecular weight is 489 g/mol. The molecule has 0 bridgehead atoms. The number of fused-ring (bicyclic) bond motifs is 1. The maximum absolute atomic E-state index is 13.0. The van der Waals surface area contributed by atoms with Gasteiger partial charge in [-0.2, -0.15) is 4.31 Å². The standard InChI is InChI=1S/C24H29ClN4O3S/c1-27(17-18-7-6-8-19(25)15-18)24(30)12-11-23-26-21-16-20(9-10-22(21)28(23)2)33(31,32)29-13-4-3-5-14-29/h6-10,15-16H,3-5,11-14,17H2,1-2H3. The van der Waals surface area contributed by atoms with Gasteiger partial charge in [0.05, 0.1) is 15.9 Å². The van der Waals surface area contributed by atoms with Crippen LogP contribution in [0.1, 0.15) is 37.1 Å². The highest BCUT2D eigenvalue weighted by Crippen LogP contribution is 2.25. The lowest BCUT2D eigenvalue weighted by molar-refractivity contribution is -0.130. The number of nitrogens with zero attached hydrogens (tertiary/aromatic N) is 4. The van der Waals surface area contributed by atoms with Gasteiger partial charge in [-0.1, -0.05) is 30.2 Å². The molecule has 3 aromatic rings. The van der Waals surface area contributed by atoms with Crippen LogP contribution in [0.2, 0.25) is 5.02 Å². The number of benzene rings is 2. The van der Waals surface area contributed by atoms with Crippen molar-refractivity contribution < 1.29 is 13.2 Å². The first-order valence-electron chi connectivity index (χ1n) is 11.2. The summed E-state index contributed by atoms with van der Waals surface area (Å²) in [6, 6.07) is 12.6. The molecule has 1 fully saturated rings. The van der Waals surface area contributed by atoms with Crippen LogP contribution >= 0.6 is 11.6 Å². The van der Waals surface area contributed by atoms with E-state index in [0.717, 1.165) is 36.2 Å². The second-order valence-corrected chi connectivity index (χ2v) is 11.0. The molecule has 2 heterocycles. The summed E-state index contributed by atoms with van der Waals surface area (Å²) >= 11 is 6.03. The largest absolute Gasteiger partial charge is 0.341 e. The summed E-state index contributed by atoms with van der Waals surface area (Å²) in [6.07, 6.45) is 3.65. The van der Waals surface area contributed by atoms with Crippen molar-refractivity contribution in [2.75, 3.05) is 20.1 Å². The fourth-order valence-corrected chi connectivity index (χ4v) is 6.03. The molecule has 1 amide bonds. The predicted octanol–water partition coefficient (Wildman–Crippen LogP) is 3.99. The van der Waals surface area contributed by atoms with E-state index in [1.165, 1.54) is 0 Å². The summed E-state index contributed by atoms with van der Waals surface area (Å²) < 4.78 is 29.5. The Morgan fingerprint density at radius 3 is 2.61 bits per heavy atom. The molecule has 0 spiro atoms. The molecule has 7 nitrogen and oxygen atoms in total. The number of rotatable bonds is 7. The molecule has 2 aromatic carbocycles. The Kier molecular flexibility index (Phi) is 7.07. The molecule has 1 aliphatic heterocycles. The Labute approximate surface area is 200 Å². The number of hydrogen-bond donors (Lipinski definition) is 0. The van der Waals surface area contributed by atoms with Gasteiger partial charge in [0, 0.05) is 51.6 Å². The second-order valence-electron chi connectivity index (χ2n) is 8.58. The van der Waals surface area contributed by atoms with Crippen molar-refractivity contribution in [2.24, 2.45) is 7.05 Å². The molecule has 1 aromatic heterocycles. The maximum atomic E-state index is 13.0. The minimum atomic E-state index is -3.51. The molecule has 0 N–H and O–H groups in total. The lowest BCUT2D eigenvalue weighted by Gasteiger charge is -2.25. The Morgan fingerprint density at radius 1 is 1.12 bits per heavy atom. The first kappa shape index (κ1) is 23.7. The number of imidazole rings is 1. The molecule has 1 aliphatic rings. The van der Waals surface area contributed by atoms with Gasteiger partial charge in [0.15, 0.2) is 0 Å². The van der Waals surface area contributed by atoms with Crippen LogP contribution in [0.15, 0.2) is 47.4 Å². The Morgan fingerprint density at radius 2 is 1.88 bits per heavy atom. The lowest BCUT2D eigenvalue weighted by atomic mass is 10.2. The zero-order valence-electron chi connectivity index (χ0n) is 19.0. The monoisotopic (exact) mass is 488 g/mol. The first-order valence-corrected chi connectivity index (χ1v) is 13.0. The SMILES string of the molecule is CN(Cc1cccc(Cl)c1)C(=O)CCc1nc2cc(S(=O)(=O)N3CCCCC3)ccc2n1C. The van der Waals surface area contributed by atoms with Gasteiger partial charge in [-0.3, -0.25) is 4.79 Å². The number of halogens is 1. The van der Waals surface area contributed by atoms with E-state index in [0.29, 0.717) is 43.0 Å². The van der Waals surface area contributed by atoms with Gasteiger partial charge in [-0.25, -0.2) is 13.4 Å². The molecule has 0 saturated carbocycles. The van der Waals surface area contributed by atoms with Gasteiger partial charge in [-0.05, 0) is 48.7 Å². The van der Waals surface area contributed by atoms with Crippen LogP contribution in [0.5, 0.6) is 0 Å². The highest BCUT2D eigenvalue weighted by atomic mass is 35.5. The number of carbonyl (C=O) groups excluding carboxylic acids is 1.